The molecular weight excluding hydrogens is 282 g/mol. The molecule has 0 unspecified atom stereocenters. The van der Waals surface area contributed by atoms with Gasteiger partial charge in [0.2, 0.25) is 0 Å². The number of carbonyl (C=O) groups is 2. The highest BCUT2D eigenvalue weighted by molar-refractivity contribution is 6.32. The first-order valence-corrected chi connectivity index (χ1v) is 6.59. The minimum absolute atomic E-state index is 0.213. The molecule has 1 aromatic rings. The Hall–Kier alpha value is -1.75. The molecule has 0 radical (unpaired) electrons. The Balaban J connectivity index is 2.69. The molecule has 110 valence electrons. The molecule has 0 heterocycles. The normalized spacial score (nSPS) is 10.4. The van der Waals surface area contributed by atoms with Gasteiger partial charge in [-0.1, -0.05) is 17.7 Å². The van der Waals surface area contributed by atoms with Crippen molar-refractivity contribution in [2.24, 2.45) is 0 Å². The van der Waals surface area contributed by atoms with Crippen molar-refractivity contribution in [1.29, 1.82) is 0 Å². The largest absolute Gasteiger partial charge is 0.482 e. The van der Waals surface area contributed by atoms with Crippen molar-refractivity contribution in [3.63, 3.8) is 0 Å². The van der Waals surface area contributed by atoms with Gasteiger partial charge in [-0.15, -0.1) is 0 Å². The number of ether oxygens (including phenoxy) is 1. The fraction of sp³-hybridized carbons (Fsp3) is 0.429. The second-order valence-electron chi connectivity index (χ2n) is 4.73. The summed E-state index contributed by atoms with van der Waals surface area (Å²) in [4.78, 5) is 24.0. The Labute approximate surface area is 123 Å². The van der Waals surface area contributed by atoms with Crippen LogP contribution in [0.3, 0.4) is 0 Å². The minimum atomic E-state index is -1.05. The lowest BCUT2D eigenvalue weighted by Crippen LogP contribution is -2.43. The SMILES string of the molecule is Cc1ccc(Cl)c(OCC(=O)N(CC(=O)O)C(C)C)c1. The van der Waals surface area contributed by atoms with Crippen LogP contribution in [0.2, 0.25) is 5.02 Å². The van der Waals surface area contributed by atoms with Crippen molar-refractivity contribution in [2.75, 3.05) is 13.2 Å². The summed E-state index contributed by atoms with van der Waals surface area (Å²) in [5, 5.41) is 9.21. The zero-order chi connectivity index (χ0) is 15.3. The molecule has 0 aromatic heterocycles. The zero-order valence-corrected chi connectivity index (χ0v) is 12.5. The zero-order valence-electron chi connectivity index (χ0n) is 11.7. The molecule has 20 heavy (non-hydrogen) atoms. The van der Waals surface area contributed by atoms with Crippen LogP contribution in [0.5, 0.6) is 5.75 Å². The van der Waals surface area contributed by atoms with Crippen LogP contribution in [0.15, 0.2) is 18.2 Å². The first kappa shape index (κ1) is 16.3. The number of nitrogens with zero attached hydrogens (tertiary/aromatic N) is 1. The fourth-order valence-electron chi connectivity index (χ4n) is 1.65. The summed E-state index contributed by atoms with van der Waals surface area (Å²) in [5.74, 6) is -1.03. The van der Waals surface area contributed by atoms with E-state index in [0.717, 1.165) is 5.56 Å². The summed E-state index contributed by atoms with van der Waals surface area (Å²) in [6, 6.07) is 5.04. The summed E-state index contributed by atoms with van der Waals surface area (Å²) in [6.45, 7) is 4.80. The summed E-state index contributed by atoms with van der Waals surface area (Å²) in [5.41, 5.74) is 0.961. The highest BCUT2D eigenvalue weighted by atomic mass is 35.5. The average Bonchev–Trinajstić information content (AvgIpc) is 2.36. The molecule has 0 spiro atoms. The number of halogens is 1. The number of aryl methyl sites for hydroxylation is 1. The van der Waals surface area contributed by atoms with E-state index in [9.17, 15) is 9.59 Å². The molecular formula is C14H18ClNO4. The predicted octanol–water partition coefficient (Wildman–Crippen LogP) is 2.35. The first-order valence-electron chi connectivity index (χ1n) is 6.21. The van der Waals surface area contributed by atoms with Crippen LogP contribution in [0.4, 0.5) is 0 Å². The molecule has 0 saturated heterocycles. The van der Waals surface area contributed by atoms with Gasteiger partial charge in [-0.3, -0.25) is 9.59 Å². The van der Waals surface area contributed by atoms with E-state index in [1.165, 1.54) is 4.90 Å². The van der Waals surface area contributed by atoms with Gasteiger partial charge < -0.3 is 14.7 Å². The molecule has 0 atom stereocenters. The van der Waals surface area contributed by atoms with Gasteiger partial charge in [-0.25, -0.2) is 0 Å². The molecule has 0 aliphatic rings. The van der Waals surface area contributed by atoms with Crippen molar-refractivity contribution in [1.82, 2.24) is 4.90 Å². The van der Waals surface area contributed by atoms with E-state index in [2.05, 4.69) is 0 Å². The number of benzene rings is 1. The van der Waals surface area contributed by atoms with Gasteiger partial charge in [0.05, 0.1) is 5.02 Å². The smallest absolute Gasteiger partial charge is 0.323 e. The summed E-state index contributed by atoms with van der Waals surface area (Å²) in [7, 11) is 0. The van der Waals surface area contributed by atoms with Crippen molar-refractivity contribution < 1.29 is 19.4 Å². The van der Waals surface area contributed by atoms with Crippen molar-refractivity contribution >= 4 is 23.5 Å². The second kappa shape index (κ2) is 7.14. The Morgan fingerprint density at radius 3 is 2.60 bits per heavy atom. The predicted molar refractivity (Wildman–Crippen MR) is 76.2 cm³/mol. The maximum Gasteiger partial charge on any atom is 0.323 e. The topological polar surface area (TPSA) is 66.8 Å². The number of rotatable bonds is 6. The summed E-state index contributed by atoms with van der Waals surface area (Å²) in [6.07, 6.45) is 0. The third-order valence-corrected chi connectivity index (χ3v) is 3.00. The molecule has 0 fully saturated rings. The van der Waals surface area contributed by atoms with Crippen LogP contribution >= 0.6 is 11.6 Å². The summed E-state index contributed by atoms with van der Waals surface area (Å²) >= 11 is 5.96. The number of amides is 1. The van der Waals surface area contributed by atoms with Gasteiger partial charge in [-0.05, 0) is 38.5 Å². The molecule has 6 heteroatoms. The van der Waals surface area contributed by atoms with E-state index in [1.54, 1.807) is 26.0 Å². The van der Waals surface area contributed by atoms with Gasteiger partial charge in [0.25, 0.3) is 5.91 Å². The van der Waals surface area contributed by atoms with Gasteiger partial charge in [-0.2, -0.15) is 0 Å². The maximum atomic E-state index is 12.0. The number of hydrogen-bond acceptors (Lipinski definition) is 3. The lowest BCUT2D eigenvalue weighted by atomic mass is 10.2. The molecule has 0 bridgehead atoms. The van der Waals surface area contributed by atoms with Crippen LogP contribution in [0, 0.1) is 6.92 Å². The number of aliphatic carboxylic acids is 1. The minimum Gasteiger partial charge on any atom is -0.482 e. The van der Waals surface area contributed by atoms with Gasteiger partial charge in [0.15, 0.2) is 6.61 Å². The van der Waals surface area contributed by atoms with Gasteiger partial charge in [0, 0.05) is 6.04 Å². The van der Waals surface area contributed by atoms with Gasteiger partial charge >= 0.3 is 5.97 Å². The molecule has 0 aliphatic carbocycles. The lowest BCUT2D eigenvalue weighted by Gasteiger charge is -2.24. The third kappa shape index (κ3) is 4.74. The van der Waals surface area contributed by atoms with E-state index in [0.29, 0.717) is 10.8 Å². The molecule has 1 rings (SSSR count). The standard InChI is InChI=1S/C14H18ClNO4/c1-9(2)16(7-14(18)19)13(17)8-20-12-6-10(3)4-5-11(12)15/h4-6,9H,7-8H2,1-3H3,(H,18,19). The summed E-state index contributed by atoms with van der Waals surface area (Å²) < 4.78 is 5.38. The molecule has 1 N–H and O–H groups in total. The van der Waals surface area contributed by atoms with E-state index in [1.807, 2.05) is 13.0 Å². The van der Waals surface area contributed by atoms with Crippen LogP contribution in [-0.4, -0.2) is 41.1 Å². The highest BCUT2D eigenvalue weighted by Crippen LogP contribution is 2.25. The Bertz CT molecular complexity index is 502. The van der Waals surface area contributed by atoms with E-state index >= 15 is 0 Å². The van der Waals surface area contributed by atoms with E-state index in [-0.39, 0.29) is 25.1 Å². The number of carboxylic acid groups (broad SMARTS) is 1. The second-order valence-corrected chi connectivity index (χ2v) is 5.14. The maximum absolute atomic E-state index is 12.0. The van der Waals surface area contributed by atoms with E-state index < -0.39 is 5.97 Å². The lowest BCUT2D eigenvalue weighted by molar-refractivity contribution is -0.146. The first-order chi connectivity index (χ1) is 9.31. The van der Waals surface area contributed by atoms with Crippen molar-refractivity contribution in [3.8, 4) is 5.75 Å². The van der Waals surface area contributed by atoms with Crippen molar-refractivity contribution in [3.05, 3.63) is 28.8 Å². The molecule has 1 aromatic carbocycles. The van der Waals surface area contributed by atoms with Gasteiger partial charge in [0.1, 0.15) is 12.3 Å². The molecule has 0 saturated carbocycles. The molecule has 1 amide bonds. The third-order valence-electron chi connectivity index (χ3n) is 2.69. The highest BCUT2D eigenvalue weighted by Gasteiger charge is 2.20. The quantitative estimate of drug-likeness (QED) is 0.875. The monoisotopic (exact) mass is 299 g/mol. The Morgan fingerprint density at radius 1 is 1.40 bits per heavy atom. The Morgan fingerprint density at radius 2 is 2.05 bits per heavy atom. The Kier molecular flexibility index (Phi) is 5.82. The average molecular weight is 300 g/mol. The van der Waals surface area contributed by atoms with E-state index in [4.69, 9.17) is 21.4 Å². The molecule has 5 nitrogen and oxygen atoms in total. The van der Waals surface area contributed by atoms with Crippen LogP contribution in [0.25, 0.3) is 0 Å². The van der Waals surface area contributed by atoms with Crippen LogP contribution < -0.4 is 4.74 Å². The van der Waals surface area contributed by atoms with Crippen LogP contribution in [-0.2, 0) is 9.59 Å². The fourth-order valence-corrected chi connectivity index (χ4v) is 1.82. The van der Waals surface area contributed by atoms with Crippen molar-refractivity contribution in [2.45, 2.75) is 26.8 Å². The number of carboxylic acids is 1. The number of hydrogen-bond donors (Lipinski definition) is 1. The number of carbonyl (C=O) groups excluding carboxylic acids is 1. The molecule has 0 aliphatic heterocycles. The van der Waals surface area contributed by atoms with Crippen LogP contribution in [0.1, 0.15) is 19.4 Å².